The van der Waals surface area contributed by atoms with E-state index in [0.717, 1.165) is 38.0 Å². The lowest BCUT2D eigenvalue weighted by molar-refractivity contribution is 0.101. The molecule has 152 valence electrons. The van der Waals surface area contributed by atoms with Crippen LogP contribution in [0, 0.1) is 24.4 Å². The first-order chi connectivity index (χ1) is 14.3. The van der Waals surface area contributed by atoms with E-state index in [4.69, 9.17) is 4.42 Å². The Morgan fingerprint density at radius 3 is 2.40 bits per heavy atom. The molecule has 1 fully saturated rings. The number of hydrogen-bond acceptors (Lipinski definition) is 4. The van der Waals surface area contributed by atoms with Crippen LogP contribution in [0.15, 0.2) is 33.5 Å². The molecule has 0 bridgehead atoms. The number of benzene rings is 2. The summed E-state index contributed by atoms with van der Waals surface area (Å²) in [5, 5.41) is 0.333. The van der Waals surface area contributed by atoms with Crippen LogP contribution in [0.1, 0.15) is 42.1 Å². The summed E-state index contributed by atoms with van der Waals surface area (Å²) in [5.41, 5.74) is -0.688. The predicted octanol–water partition coefficient (Wildman–Crippen LogP) is 5.07. The Morgan fingerprint density at radius 2 is 1.73 bits per heavy atom. The van der Waals surface area contributed by atoms with Gasteiger partial charge in [-0.2, -0.15) is 0 Å². The van der Waals surface area contributed by atoms with Crippen LogP contribution in [0.25, 0.3) is 33.1 Å². The maximum Gasteiger partial charge on any atom is 0.281 e. The van der Waals surface area contributed by atoms with Crippen LogP contribution in [-0.2, 0) is 0 Å². The minimum absolute atomic E-state index is 0.0682. The molecular weight excluding hydrogens is 397 g/mol. The number of oxazole rings is 1. The van der Waals surface area contributed by atoms with Gasteiger partial charge in [0.05, 0.1) is 11.1 Å². The Bertz CT molecular complexity index is 1450. The molecule has 2 aromatic heterocycles. The topological polar surface area (TPSA) is 65.1 Å². The normalized spacial score (nSPS) is 14.0. The Morgan fingerprint density at radius 1 is 1.07 bits per heavy atom. The van der Waals surface area contributed by atoms with E-state index in [-0.39, 0.29) is 39.7 Å². The average molecular weight is 412 g/mol. The van der Waals surface area contributed by atoms with Gasteiger partial charge in [-0.3, -0.25) is 9.59 Å². The maximum atomic E-state index is 15.1. The van der Waals surface area contributed by atoms with Crippen molar-refractivity contribution in [2.24, 2.45) is 0 Å². The van der Waals surface area contributed by atoms with Crippen molar-refractivity contribution in [1.29, 1.82) is 0 Å². The summed E-state index contributed by atoms with van der Waals surface area (Å²) in [5.74, 6) is -3.05. The van der Waals surface area contributed by atoms with E-state index < -0.39 is 28.8 Å². The van der Waals surface area contributed by atoms with Crippen LogP contribution in [-0.4, -0.2) is 15.3 Å². The third-order valence-corrected chi connectivity index (χ3v) is 5.38. The van der Waals surface area contributed by atoms with Gasteiger partial charge in [0.25, 0.3) is 5.56 Å². The zero-order chi connectivity index (χ0) is 21.3. The number of aryl methyl sites for hydroxylation is 1. The highest BCUT2D eigenvalue weighted by Crippen LogP contribution is 2.39. The zero-order valence-corrected chi connectivity index (χ0v) is 16.1. The van der Waals surface area contributed by atoms with Crippen molar-refractivity contribution < 1.29 is 22.4 Å². The van der Waals surface area contributed by atoms with Gasteiger partial charge in [-0.25, -0.2) is 18.2 Å². The van der Waals surface area contributed by atoms with E-state index in [2.05, 4.69) is 4.98 Å². The molecule has 5 rings (SSSR count). The molecule has 1 aliphatic carbocycles. The maximum absolute atomic E-state index is 15.1. The molecule has 0 N–H and O–H groups in total. The number of halogens is 3. The van der Waals surface area contributed by atoms with E-state index >= 15 is 4.39 Å². The van der Waals surface area contributed by atoms with Crippen molar-refractivity contribution >= 4 is 27.8 Å². The van der Waals surface area contributed by atoms with Crippen LogP contribution in [0.4, 0.5) is 13.2 Å². The number of carbonyl (C=O) groups is 1. The zero-order valence-electron chi connectivity index (χ0n) is 16.1. The fourth-order valence-corrected chi connectivity index (χ4v) is 3.85. The van der Waals surface area contributed by atoms with Crippen molar-refractivity contribution in [3.63, 3.8) is 0 Å². The first kappa shape index (κ1) is 18.6. The molecule has 0 aliphatic heterocycles. The molecule has 0 unspecified atom stereocenters. The molecule has 0 radical (unpaired) electrons. The summed E-state index contributed by atoms with van der Waals surface area (Å²) in [6.45, 7) is 2.71. The summed E-state index contributed by atoms with van der Waals surface area (Å²) in [7, 11) is 0. The monoisotopic (exact) mass is 412 g/mol. The van der Waals surface area contributed by atoms with Gasteiger partial charge in [0.1, 0.15) is 17.5 Å². The summed E-state index contributed by atoms with van der Waals surface area (Å²) < 4.78 is 51.1. The third kappa shape index (κ3) is 2.67. The molecular formula is C22H15F3N2O3. The van der Waals surface area contributed by atoms with Crippen molar-refractivity contribution in [2.75, 3.05) is 0 Å². The van der Waals surface area contributed by atoms with Crippen LogP contribution in [0.2, 0.25) is 0 Å². The molecule has 8 heteroatoms. The Labute approximate surface area is 167 Å². The smallest absolute Gasteiger partial charge is 0.281 e. The summed E-state index contributed by atoms with van der Waals surface area (Å²) in [6, 6.07) is 3.96. The minimum Gasteiger partial charge on any atom is -0.440 e. The van der Waals surface area contributed by atoms with Crippen molar-refractivity contribution in [3.05, 3.63) is 63.5 Å². The van der Waals surface area contributed by atoms with Gasteiger partial charge in [-0.1, -0.05) is 0 Å². The van der Waals surface area contributed by atoms with Crippen LogP contribution < -0.4 is 5.56 Å². The van der Waals surface area contributed by atoms with E-state index in [1.807, 2.05) is 0 Å². The van der Waals surface area contributed by atoms with Crippen LogP contribution in [0.3, 0.4) is 0 Å². The quantitative estimate of drug-likeness (QED) is 0.441. The van der Waals surface area contributed by atoms with Crippen molar-refractivity contribution in [2.45, 2.75) is 32.7 Å². The molecule has 2 heterocycles. The molecule has 0 spiro atoms. The number of pyridine rings is 1. The number of rotatable bonds is 3. The molecule has 4 aromatic rings. The lowest BCUT2D eigenvalue weighted by Crippen LogP contribution is -2.20. The van der Waals surface area contributed by atoms with E-state index in [1.54, 1.807) is 6.92 Å². The van der Waals surface area contributed by atoms with Gasteiger partial charge in [0.2, 0.25) is 0 Å². The second kappa shape index (κ2) is 6.29. The highest BCUT2D eigenvalue weighted by atomic mass is 19.1. The first-order valence-electron chi connectivity index (χ1n) is 9.41. The molecule has 30 heavy (non-hydrogen) atoms. The molecule has 2 aromatic carbocycles. The highest BCUT2D eigenvalue weighted by molar-refractivity contribution is 6.02. The van der Waals surface area contributed by atoms with Gasteiger partial charge in [-0.15, -0.1) is 0 Å². The van der Waals surface area contributed by atoms with Gasteiger partial charge in [-0.05, 0) is 44.0 Å². The second-order valence-electron chi connectivity index (χ2n) is 7.53. The SMILES string of the molecule is CC(=O)c1cc(F)c(-c2cc3c(cc2F)c2oc(C)nc2c(=O)n3C2CC2)cc1F. The third-order valence-electron chi connectivity index (χ3n) is 5.38. The predicted molar refractivity (Wildman–Crippen MR) is 104 cm³/mol. The molecule has 0 saturated heterocycles. The Balaban J connectivity index is 1.86. The molecule has 0 atom stereocenters. The molecule has 1 aliphatic rings. The van der Waals surface area contributed by atoms with Crippen molar-refractivity contribution in [1.82, 2.24) is 9.55 Å². The number of ketones is 1. The molecule has 5 nitrogen and oxygen atoms in total. The molecule has 0 amide bonds. The van der Waals surface area contributed by atoms with Gasteiger partial charge >= 0.3 is 0 Å². The second-order valence-corrected chi connectivity index (χ2v) is 7.53. The average Bonchev–Trinajstić information content (AvgIpc) is 3.43. The number of Topliss-reactive ketones (excluding diaryl/α,β-unsaturated/α-hetero) is 1. The number of aromatic nitrogens is 2. The minimum atomic E-state index is -0.945. The fourth-order valence-electron chi connectivity index (χ4n) is 3.85. The van der Waals surface area contributed by atoms with Gasteiger partial charge in [0.15, 0.2) is 22.8 Å². The van der Waals surface area contributed by atoms with Crippen LogP contribution >= 0.6 is 0 Å². The Hall–Kier alpha value is -3.42. The summed E-state index contributed by atoms with van der Waals surface area (Å²) >= 11 is 0. The first-order valence-corrected chi connectivity index (χ1v) is 9.41. The van der Waals surface area contributed by atoms with Crippen molar-refractivity contribution in [3.8, 4) is 11.1 Å². The lowest BCUT2D eigenvalue weighted by Gasteiger charge is -2.13. The van der Waals surface area contributed by atoms with E-state index in [1.165, 1.54) is 10.6 Å². The fraction of sp³-hybridized carbons (Fsp3) is 0.227. The number of carbonyl (C=O) groups excluding carboxylic acids is 1. The largest absolute Gasteiger partial charge is 0.440 e. The van der Waals surface area contributed by atoms with Crippen LogP contribution in [0.5, 0.6) is 0 Å². The number of hydrogen-bond donors (Lipinski definition) is 0. The number of fused-ring (bicyclic) bond motifs is 3. The summed E-state index contributed by atoms with van der Waals surface area (Å²) in [6.07, 6.45) is 1.56. The highest BCUT2D eigenvalue weighted by Gasteiger charge is 2.30. The summed E-state index contributed by atoms with van der Waals surface area (Å²) in [4.78, 5) is 28.6. The van der Waals surface area contributed by atoms with E-state index in [9.17, 15) is 18.4 Å². The van der Waals surface area contributed by atoms with Gasteiger partial charge in [0, 0.05) is 29.5 Å². The van der Waals surface area contributed by atoms with Gasteiger partial charge < -0.3 is 8.98 Å². The van der Waals surface area contributed by atoms with E-state index in [0.29, 0.717) is 10.9 Å². The lowest BCUT2D eigenvalue weighted by atomic mass is 9.99. The number of nitrogens with zero attached hydrogens (tertiary/aromatic N) is 2. The standard InChI is InChI=1S/C22H15F3N2O3/c1-9(28)12-5-17(24)13(6-16(12)23)14-8-19-15(7-18(14)25)21-20(26-10(2)30-21)22(29)27(19)11-3-4-11/h5-8,11H,3-4H2,1-2H3. The Kier molecular flexibility index (Phi) is 3.90. The molecule has 1 saturated carbocycles.